The van der Waals surface area contributed by atoms with Crippen molar-refractivity contribution in [3.63, 3.8) is 0 Å². The van der Waals surface area contributed by atoms with E-state index in [0.29, 0.717) is 7.57 Å². The van der Waals surface area contributed by atoms with Crippen LogP contribution in [-0.2, 0) is 10.0 Å². The molecule has 1 heterocycles. The van der Waals surface area contributed by atoms with Gasteiger partial charge in [0.25, 0.3) is 10.0 Å². The number of carbonyl (C=O) groups is 1. The molecule has 2 aromatic rings. The number of rotatable bonds is 4. The van der Waals surface area contributed by atoms with Crippen LogP contribution < -0.4 is 4.72 Å². The van der Waals surface area contributed by atoms with Crippen LogP contribution in [0, 0.1) is 0 Å². The molecule has 2 rings (SSSR count). The van der Waals surface area contributed by atoms with Crippen molar-refractivity contribution in [1.29, 1.82) is 0 Å². The van der Waals surface area contributed by atoms with Crippen molar-refractivity contribution in [2.75, 3.05) is 4.72 Å². The van der Waals surface area contributed by atoms with Gasteiger partial charge in [-0.05, 0) is 50.1 Å². The van der Waals surface area contributed by atoms with Crippen LogP contribution in [0.1, 0.15) is 10.4 Å². The maximum Gasteiger partial charge on any atom is 0.337 e. The van der Waals surface area contributed by atoms with Gasteiger partial charge in [0, 0.05) is 0 Å². The summed E-state index contributed by atoms with van der Waals surface area (Å²) in [5.74, 6) is -1.28. The molecule has 0 unspecified atom stereocenters. The first-order chi connectivity index (χ1) is 9.72. The molecule has 0 radical (unpaired) electrons. The van der Waals surface area contributed by atoms with E-state index in [1.165, 1.54) is 35.6 Å². The molecule has 0 aliphatic rings. The van der Waals surface area contributed by atoms with E-state index in [4.69, 9.17) is 16.7 Å². The lowest BCUT2D eigenvalue weighted by Crippen LogP contribution is -2.15. The van der Waals surface area contributed by atoms with Gasteiger partial charge in [-0.2, -0.15) is 0 Å². The molecule has 21 heavy (non-hydrogen) atoms. The highest BCUT2D eigenvalue weighted by atomic mass is 79.9. The van der Waals surface area contributed by atoms with E-state index in [9.17, 15) is 13.2 Å². The predicted molar refractivity (Wildman–Crippen MR) is 88.9 cm³/mol. The van der Waals surface area contributed by atoms with E-state index in [2.05, 4.69) is 36.6 Å². The topological polar surface area (TPSA) is 83.5 Å². The molecule has 0 atom stereocenters. The minimum Gasteiger partial charge on any atom is -0.478 e. The molecule has 0 fully saturated rings. The summed E-state index contributed by atoms with van der Waals surface area (Å²) in [5.41, 5.74) is -0.391. The molecule has 5 nitrogen and oxygen atoms in total. The summed E-state index contributed by atoms with van der Waals surface area (Å²) in [6, 6.07) is 5.52. The zero-order chi connectivity index (χ0) is 15.8. The second-order valence-corrected chi connectivity index (χ2v) is 9.57. The zero-order valence-corrected chi connectivity index (χ0v) is 15.5. The Morgan fingerprint density at radius 1 is 1.33 bits per heavy atom. The fourth-order valence-corrected chi connectivity index (χ4v) is 6.70. The molecular weight excluding hydrogens is 470 g/mol. The highest BCUT2D eigenvalue weighted by Crippen LogP contribution is 2.37. The summed E-state index contributed by atoms with van der Waals surface area (Å²) in [7, 11) is -3.97. The first-order valence-electron chi connectivity index (χ1n) is 5.22. The molecule has 10 heteroatoms. The Balaban J connectivity index is 2.52. The lowest BCUT2D eigenvalue weighted by Gasteiger charge is -2.11. The molecule has 2 N–H and O–H groups in total. The normalized spacial score (nSPS) is 11.4. The van der Waals surface area contributed by atoms with Crippen LogP contribution in [0.2, 0.25) is 5.02 Å². The second-order valence-electron chi connectivity index (χ2n) is 3.76. The number of halogens is 3. The Hall–Kier alpha value is -0.610. The highest BCUT2D eigenvalue weighted by molar-refractivity contribution is 9.12. The predicted octanol–water partition coefficient (Wildman–Crippen LogP) is 4.43. The number of sulfonamides is 1. The number of aromatic carboxylic acids is 1. The SMILES string of the molecule is O=C(O)c1cccc(Cl)c1NS(=O)(=O)c1cc(Br)sc1Br. The fraction of sp³-hybridized carbons (Fsp3) is 0. The molecule has 1 aromatic carbocycles. The van der Waals surface area contributed by atoms with E-state index in [0.717, 1.165) is 0 Å². The molecule has 0 amide bonds. The summed E-state index contributed by atoms with van der Waals surface area (Å²) >= 11 is 13.4. The van der Waals surface area contributed by atoms with Crippen molar-refractivity contribution in [3.05, 3.63) is 42.4 Å². The minimum absolute atomic E-state index is 0.00360. The van der Waals surface area contributed by atoms with Crippen molar-refractivity contribution in [2.24, 2.45) is 0 Å². The maximum atomic E-state index is 12.4. The van der Waals surface area contributed by atoms with E-state index in [1.807, 2.05) is 0 Å². The van der Waals surface area contributed by atoms with E-state index < -0.39 is 16.0 Å². The molecule has 0 bridgehead atoms. The van der Waals surface area contributed by atoms with Gasteiger partial charge in [-0.15, -0.1) is 11.3 Å². The average molecular weight is 476 g/mol. The second kappa shape index (κ2) is 6.25. The number of thiophene rings is 1. The summed E-state index contributed by atoms with van der Waals surface area (Å²) < 4.78 is 27.9. The molecular formula is C11H6Br2ClNO4S2. The summed E-state index contributed by atoms with van der Waals surface area (Å²) in [4.78, 5) is 11.2. The Bertz CT molecular complexity index is 820. The van der Waals surface area contributed by atoms with Crippen LogP contribution in [0.3, 0.4) is 0 Å². The van der Waals surface area contributed by atoms with Crippen LogP contribution in [0.15, 0.2) is 36.7 Å². The van der Waals surface area contributed by atoms with Gasteiger partial charge >= 0.3 is 5.97 Å². The van der Waals surface area contributed by atoms with Crippen LogP contribution in [0.5, 0.6) is 0 Å². The Morgan fingerprint density at radius 2 is 2.00 bits per heavy atom. The molecule has 0 spiro atoms. The maximum absolute atomic E-state index is 12.4. The largest absolute Gasteiger partial charge is 0.478 e. The summed E-state index contributed by atoms with van der Waals surface area (Å²) in [6.07, 6.45) is 0. The summed E-state index contributed by atoms with van der Waals surface area (Å²) in [5, 5.41) is 9.11. The number of hydrogen-bond acceptors (Lipinski definition) is 4. The average Bonchev–Trinajstić information content (AvgIpc) is 2.71. The quantitative estimate of drug-likeness (QED) is 0.686. The Labute approximate surface area is 146 Å². The number of para-hydroxylation sites is 1. The first-order valence-corrected chi connectivity index (χ1v) is 9.48. The van der Waals surface area contributed by atoms with E-state index in [1.54, 1.807) is 0 Å². The molecule has 0 aliphatic carbocycles. The van der Waals surface area contributed by atoms with Gasteiger partial charge in [0.1, 0.15) is 4.90 Å². The lowest BCUT2D eigenvalue weighted by atomic mass is 10.2. The third-order valence-electron chi connectivity index (χ3n) is 2.40. The van der Waals surface area contributed by atoms with Gasteiger partial charge in [-0.25, -0.2) is 13.2 Å². The van der Waals surface area contributed by atoms with Crippen molar-refractivity contribution < 1.29 is 18.3 Å². The van der Waals surface area contributed by atoms with Crippen molar-refractivity contribution in [2.45, 2.75) is 4.90 Å². The number of carboxylic acids is 1. The van der Waals surface area contributed by atoms with Crippen LogP contribution in [0.25, 0.3) is 0 Å². The van der Waals surface area contributed by atoms with Gasteiger partial charge in [-0.1, -0.05) is 17.7 Å². The highest BCUT2D eigenvalue weighted by Gasteiger charge is 2.24. The third-order valence-corrected chi connectivity index (χ3v) is 6.82. The van der Waals surface area contributed by atoms with Gasteiger partial charge in [0.15, 0.2) is 0 Å². The van der Waals surface area contributed by atoms with Crippen LogP contribution >= 0.6 is 54.8 Å². The first kappa shape index (κ1) is 16.8. The number of benzene rings is 1. The van der Waals surface area contributed by atoms with Crippen LogP contribution in [0.4, 0.5) is 5.69 Å². The number of hydrogen-bond donors (Lipinski definition) is 2. The van der Waals surface area contributed by atoms with Crippen molar-refractivity contribution in [3.8, 4) is 0 Å². The number of carboxylic acid groups (broad SMARTS) is 1. The molecule has 1 aromatic heterocycles. The van der Waals surface area contributed by atoms with E-state index in [-0.39, 0.29) is 21.2 Å². The van der Waals surface area contributed by atoms with Gasteiger partial charge in [-0.3, -0.25) is 4.72 Å². The third kappa shape index (κ3) is 3.59. The molecule has 0 saturated carbocycles. The summed E-state index contributed by atoms with van der Waals surface area (Å²) in [6.45, 7) is 0. The standard InChI is InChI=1S/C11H6Br2ClNO4S2/c12-8-4-7(10(13)20-8)21(18,19)15-9-5(11(16)17)2-1-3-6(9)14/h1-4,15H,(H,16,17). The van der Waals surface area contributed by atoms with E-state index >= 15 is 0 Å². The number of anilines is 1. The Morgan fingerprint density at radius 3 is 2.52 bits per heavy atom. The van der Waals surface area contributed by atoms with Crippen molar-refractivity contribution in [1.82, 2.24) is 0 Å². The molecule has 0 saturated heterocycles. The Kier molecular flexibility index (Phi) is 4.99. The van der Waals surface area contributed by atoms with Gasteiger partial charge < -0.3 is 5.11 Å². The lowest BCUT2D eigenvalue weighted by molar-refractivity contribution is 0.0698. The van der Waals surface area contributed by atoms with Crippen LogP contribution in [-0.4, -0.2) is 19.5 Å². The minimum atomic E-state index is -3.97. The molecule has 0 aliphatic heterocycles. The fourth-order valence-electron chi connectivity index (χ4n) is 1.50. The monoisotopic (exact) mass is 473 g/mol. The molecule has 112 valence electrons. The smallest absolute Gasteiger partial charge is 0.337 e. The van der Waals surface area contributed by atoms with Crippen molar-refractivity contribution >= 4 is 76.5 Å². The van der Waals surface area contributed by atoms with Gasteiger partial charge in [0.05, 0.1) is 23.8 Å². The zero-order valence-electron chi connectivity index (χ0n) is 9.93. The van der Waals surface area contributed by atoms with Gasteiger partial charge in [0.2, 0.25) is 0 Å². The number of nitrogens with one attached hydrogen (secondary N) is 1.